The van der Waals surface area contributed by atoms with E-state index in [1.165, 1.54) is 31.2 Å². The van der Waals surface area contributed by atoms with Gasteiger partial charge in [-0.05, 0) is 25.5 Å². The second-order valence-electron chi connectivity index (χ2n) is 4.69. The van der Waals surface area contributed by atoms with Crippen LogP contribution in [0.3, 0.4) is 0 Å². The van der Waals surface area contributed by atoms with Crippen LogP contribution in [0.5, 0.6) is 0 Å². The van der Waals surface area contributed by atoms with Gasteiger partial charge in [0.05, 0.1) is 0 Å². The number of halogens is 1. The molecule has 1 aromatic heterocycles. The molecule has 4 nitrogen and oxygen atoms in total. The molecule has 19 heavy (non-hydrogen) atoms. The van der Waals surface area contributed by atoms with Crippen LogP contribution in [0, 0.1) is 0 Å². The lowest BCUT2D eigenvalue weighted by molar-refractivity contribution is 0.521. The minimum Gasteiger partial charge on any atom is -0.243 e. The van der Waals surface area contributed by atoms with Crippen molar-refractivity contribution < 1.29 is 8.42 Å². The lowest BCUT2D eigenvalue weighted by Crippen LogP contribution is -2.32. The number of hydrogen-bond donors (Lipinski definition) is 1. The van der Waals surface area contributed by atoms with Crippen LogP contribution in [-0.2, 0) is 10.0 Å². The molecule has 1 atom stereocenters. The molecule has 0 aliphatic rings. The first-order valence-corrected chi connectivity index (χ1v) is 8.45. The first-order valence-electron chi connectivity index (χ1n) is 6.59. The van der Waals surface area contributed by atoms with Crippen molar-refractivity contribution in [1.29, 1.82) is 0 Å². The van der Waals surface area contributed by atoms with E-state index in [1.54, 1.807) is 0 Å². The molecule has 0 amide bonds. The molecule has 0 fully saturated rings. The van der Waals surface area contributed by atoms with Crippen LogP contribution in [0.25, 0.3) is 0 Å². The Bertz CT molecular complexity index is 474. The molecule has 1 unspecified atom stereocenters. The van der Waals surface area contributed by atoms with Crippen molar-refractivity contribution in [3.8, 4) is 0 Å². The van der Waals surface area contributed by atoms with Gasteiger partial charge in [0.25, 0.3) is 0 Å². The van der Waals surface area contributed by atoms with Crippen molar-refractivity contribution in [2.75, 3.05) is 0 Å². The number of aromatic nitrogens is 1. The van der Waals surface area contributed by atoms with E-state index < -0.39 is 10.0 Å². The van der Waals surface area contributed by atoms with Crippen molar-refractivity contribution >= 4 is 21.6 Å². The third-order valence-corrected chi connectivity index (χ3v) is 4.66. The Kier molecular flexibility index (Phi) is 6.75. The maximum atomic E-state index is 12.0. The van der Waals surface area contributed by atoms with Crippen LogP contribution in [0.2, 0.25) is 5.15 Å². The maximum absolute atomic E-state index is 12.0. The Hall–Kier alpha value is -0.650. The van der Waals surface area contributed by atoms with Crippen LogP contribution in [0.1, 0.15) is 46.0 Å². The molecule has 0 spiro atoms. The van der Waals surface area contributed by atoms with E-state index in [9.17, 15) is 8.42 Å². The minimum absolute atomic E-state index is 0.0717. The highest BCUT2D eigenvalue weighted by Crippen LogP contribution is 2.13. The first-order chi connectivity index (χ1) is 8.95. The fourth-order valence-electron chi connectivity index (χ4n) is 1.79. The number of hydrogen-bond acceptors (Lipinski definition) is 3. The second kappa shape index (κ2) is 7.82. The summed E-state index contributed by atoms with van der Waals surface area (Å²) in [6.45, 7) is 4.03. The summed E-state index contributed by atoms with van der Waals surface area (Å²) in [5, 5.41) is 0.284. The molecule has 108 valence electrons. The fourth-order valence-corrected chi connectivity index (χ4v) is 3.12. The summed E-state index contributed by atoms with van der Waals surface area (Å²) in [6, 6.07) is 2.86. The van der Waals surface area contributed by atoms with Crippen LogP contribution >= 0.6 is 11.6 Å². The predicted molar refractivity (Wildman–Crippen MR) is 77.8 cm³/mol. The van der Waals surface area contributed by atoms with Gasteiger partial charge < -0.3 is 0 Å². The lowest BCUT2D eigenvalue weighted by Gasteiger charge is -2.13. The Labute approximate surface area is 120 Å². The van der Waals surface area contributed by atoms with Gasteiger partial charge in [0.1, 0.15) is 10.0 Å². The molecule has 0 aromatic carbocycles. The molecule has 1 heterocycles. The third-order valence-electron chi connectivity index (χ3n) is 2.86. The SMILES string of the molecule is CCCCCCC(C)NS(=O)(=O)c1ccc(Cl)nc1. The summed E-state index contributed by atoms with van der Waals surface area (Å²) in [5.74, 6) is 0. The highest BCUT2D eigenvalue weighted by molar-refractivity contribution is 7.89. The van der Waals surface area contributed by atoms with Crippen LogP contribution in [0.4, 0.5) is 0 Å². The van der Waals surface area contributed by atoms with Crippen LogP contribution in [-0.4, -0.2) is 19.4 Å². The number of rotatable bonds is 8. The van der Waals surface area contributed by atoms with E-state index in [-0.39, 0.29) is 16.1 Å². The Morgan fingerprint density at radius 2 is 2.05 bits per heavy atom. The van der Waals surface area contributed by atoms with E-state index >= 15 is 0 Å². The molecule has 6 heteroatoms. The molecular formula is C13H21ClN2O2S. The molecule has 1 aromatic rings. The summed E-state index contributed by atoms with van der Waals surface area (Å²) in [7, 11) is -3.49. The molecule has 0 saturated heterocycles. The maximum Gasteiger partial charge on any atom is 0.242 e. The first kappa shape index (κ1) is 16.4. The molecular weight excluding hydrogens is 284 g/mol. The largest absolute Gasteiger partial charge is 0.243 e. The van der Waals surface area contributed by atoms with Crippen molar-refractivity contribution in [1.82, 2.24) is 9.71 Å². The monoisotopic (exact) mass is 304 g/mol. The molecule has 1 N–H and O–H groups in total. The number of nitrogens with zero attached hydrogens (tertiary/aromatic N) is 1. The smallest absolute Gasteiger partial charge is 0.242 e. The van der Waals surface area contributed by atoms with E-state index in [4.69, 9.17) is 11.6 Å². The third kappa shape index (κ3) is 5.89. The van der Waals surface area contributed by atoms with Crippen molar-refractivity contribution in [3.05, 3.63) is 23.5 Å². The normalized spacial score (nSPS) is 13.4. The topological polar surface area (TPSA) is 59.1 Å². The summed E-state index contributed by atoms with van der Waals surface area (Å²) < 4.78 is 26.8. The van der Waals surface area contributed by atoms with Crippen LogP contribution < -0.4 is 4.72 Å². The van der Waals surface area contributed by atoms with Crippen molar-refractivity contribution in [2.24, 2.45) is 0 Å². The van der Waals surface area contributed by atoms with Gasteiger partial charge >= 0.3 is 0 Å². The minimum atomic E-state index is -3.49. The quantitative estimate of drug-likeness (QED) is 0.591. The van der Waals surface area contributed by atoms with E-state index in [0.717, 1.165) is 19.3 Å². The zero-order valence-electron chi connectivity index (χ0n) is 11.4. The Morgan fingerprint density at radius 1 is 1.32 bits per heavy atom. The average molecular weight is 305 g/mol. The van der Waals surface area contributed by atoms with Crippen molar-refractivity contribution in [3.63, 3.8) is 0 Å². The summed E-state index contributed by atoms with van der Waals surface area (Å²) in [4.78, 5) is 3.94. The molecule has 1 rings (SSSR count). The van der Waals surface area contributed by atoms with E-state index in [2.05, 4.69) is 16.6 Å². The summed E-state index contributed by atoms with van der Waals surface area (Å²) in [6.07, 6.45) is 6.67. The van der Waals surface area contributed by atoms with Gasteiger partial charge in [0.2, 0.25) is 10.0 Å². The van der Waals surface area contributed by atoms with Gasteiger partial charge in [-0.2, -0.15) is 0 Å². The van der Waals surface area contributed by atoms with E-state index in [1.807, 2.05) is 6.92 Å². The molecule has 0 aliphatic heterocycles. The van der Waals surface area contributed by atoms with Gasteiger partial charge in [-0.1, -0.05) is 44.2 Å². The number of unbranched alkanes of at least 4 members (excludes halogenated alkanes) is 3. The zero-order chi connectivity index (χ0) is 14.3. The summed E-state index contributed by atoms with van der Waals surface area (Å²) in [5.41, 5.74) is 0. The lowest BCUT2D eigenvalue weighted by atomic mass is 10.1. The second-order valence-corrected chi connectivity index (χ2v) is 6.79. The van der Waals surface area contributed by atoms with Gasteiger partial charge in [0, 0.05) is 12.2 Å². The molecule has 0 saturated carbocycles. The Morgan fingerprint density at radius 3 is 2.63 bits per heavy atom. The van der Waals surface area contributed by atoms with Gasteiger partial charge in [0.15, 0.2) is 0 Å². The standard InChI is InChI=1S/C13H21ClN2O2S/c1-3-4-5-6-7-11(2)16-19(17,18)12-8-9-13(14)15-10-12/h8-11,16H,3-7H2,1-2H3. The zero-order valence-corrected chi connectivity index (χ0v) is 13.0. The number of sulfonamides is 1. The molecule has 0 aliphatic carbocycles. The fraction of sp³-hybridized carbons (Fsp3) is 0.615. The number of pyridine rings is 1. The Balaban J connectivity index is 2.52. The summed E-state index contributed by atoms with van der Waals surface area (Å²) >= 11 is 5.64. The van der Waals surface area contributed by atoms with Gasteiger partial charge in [-0.15, -0.1) is 0 Å². The molecule has 0 bridgehead atoms. The number of nitrogens with one attached hydrogen (secondary N) is 1. The average Bonchev–Trinajstić information content (AvgIpc) is 2.34. The van der Waals surface area contributed by atoms with Gasteiger partial charge in [-0.25, -0.2) is 18.1 Å². The van der Waals surface area contributed by atoms with Gasteiger partial charge in [-0.3, -0.25) is 0 Å². The van der Waals surface area contributed by atoms with Crippen LogP contribution in [0.15, 0.2) is 23.2 Å². The van der Waals surface area contributed by atoms with Crippen molar-refractivity contribution in [2.45, 2.75) is 56.9 Å². The highest BCUT2D eigenvalue weighted by atomic mass is 35.5. The predicted octanol–water partition coefficient (Wildman–Crippen LogP) is 3.37. The highest BCUT2D eigenvalue weighted by Gasteiger charge is 2.17. The molecule has 0 radical (unpaired) electrons. The van der Waals surface area contributed by atoms with E-state index in [0.29, 0.717) is 0 Å².